The number of furan rings is 1. The van der Waals surface area contributed by atoms with Gasteiger partial charge in [-0.2, -0.15) is 0 Å². The molecule has 4 rings (SSSR count). The van der Waals surface area contributed by atoms with E-state index >= 15 is 0 Å². The van der Waals surface area contributed by atoms with Crippen LogP contribution in [0.4, 0.5) is 4.39 Å². The van der Waals surface area contributed by atoms with Crippen molar-refractivity contribution in [3.8, 4) is 11.3 Å². The van der Waals surface area contributed by atoms with E-state index < -0.39 is 23.7 Å². The summed E-state index contributed by atoms with van der Waals surface area (Å²) in [4.78, 5) is 27.2. The number of aliphatic carboxylic acids is 1. The first-order valence-corrected chi connectivity index (χ1v) is 11.9. The molecule has 0 aliphatic carbocycles. The summed E-state index contributed by atoms with van der Waals surface area (Å²) >= 11 is 18.2. The lowest BCUT2D eigenvalue weighted by atomic mass is 10.0. The molecule has 0 fully saturated rings. The van der Waals surface area contributed by atoms with Gasteiger partial charge in [0.15, 0.2) is 0 Å². The van der Waals surface area contributed by atoms with Crippen molar-refractivity contribution in [1.82, 2.24) is 4.90 Å². The number of hydrogen-bond acceptors (Lipinski definition) is 3. The van der Waals surface area contributed by atoms with Gasteiger partial charge in [-0.05, 0) is 54.1 Å². The van der Waals surface area contributed by atoms with Crippen molar-refractivity contribution in [2.24, 2.45) is 0 Å². The van der Waals surface area contributed by atoms with Gasteiger partial charge in [-0.15, -0.1) is 0 Å². The van der Waals surface area contributed by atoms with Crippen LogP contribution in [0.25, 0.3) is 11.3 Å². The number of amides is 1. The van der Waals surface area contributed by atoms with Crippen LogP contribution < -0.4 is 0 Å². The van der Waals surface area contributed by atoms with E-state index in [1.165, 1.54) is 41.3 Å². The van der Waals surface area contributed by atoms with E-state index in [0.29, 0.717) is 22.1 Å². The molecule has 184 valence electrons. The second kappa shape index (κ2) is 11.2. The third kappa shape index (κ3) is 5.90. The lowest BCUT2D eigenvalue weighted by Gasteiger charge is -2.29. The molecule has 1 N–H and O–H groups in total. The zero-order valence-electron chi connectivity index (χ0n) is 18.6. The van der Waals surface area contributed by atoms with E-state index in [4.69, 9.17) is 39.2 Å². The first kappa shape index (κ1) is 25.8. The summed E-state index contributed by atoms with van der Waals surface area (Å²) in [5.41, 5.74) is 1.38. The van der Waals surface area contributed by atoms with Crippen molar-refractivity contribution in [3.63, 3.8) is 0 Å². The molecule has 1 amide bonds. The van der Waals surface area contributed by atoms with E-state index in [1.54, 1.807) is 36.4 Å². The highest BCUT2D eigenvalue weighted by Gasteiger charge is 2.32. The Kier molecular flexibility index (Phi) is 7.99. The second-order valence-electron chi connectivity index (χ2n) is 8.00. The Balaban J connectivity index is 1.70. The Bertz CT molecular complexity index is 1410. The van der Waals surface area contributed by atoms with Crippen LogP contribution in [0.2, 0.25) is 15.1 Å². The van der Waals surface area contributed by atoms with Gasteiger partial charge in [0, 0.05) is 17.0 Å². The average molecular weight is 547 g/mol. The van der Waals surface area contributed by atoms with Crippen LogP contribution in [0, 0.1) is 5.82 Å². The summed E-state index contributed by atoms with van der Waals surface area (Å²) in [6, 6.07) is 19.6. The Hall–Kier alpha value is -3.32. The second-order valence-corrected chi connectivity index (χ2v) is 9.25. The Morgan fingerprint density at radius 1 is 0.917 bits per heavy atom. The Morgan fingerprint density at radius 2 is 1.67 bits per heavy atom. The minimum Gasteiger partial charge on any atom is -0.480 e. The van der Waals surface area contributed by atoms with Crippen molar-refractivity contribution in [3.05, 3.63) is 117 Å². The summed E-state index contributed by atoms with van der Waals surface area (Å²) in [6.07, 6.45) is 0.0637. The molecule has 4 aromatic rings. The van der Waals surface area contributed by atoms with Crippen LogP contribution >= 0.6 is 34.8 Å². The van der Waals surface area contributed by atoms with Crippen molar-refractivity contribution < 1.29 is 23.5 Å². The van der Waals surface area contributed by atoms with Gasteiger partial charge < -0.3 is 14.4 Å². The van der Waals surface area contributed by atoms with Gasteiger partial charge in [-0.3, -0.25) is 4.79 Å². The minimum atomic E-state index is -1.22. The van der Waals surface area contributed by atoms with Gasteiger partial charge in [0.1, 0.15) is 23.4 Å². The third-order valence-electron chi connectivity index (χ3n) is 5.55. The van der Waals surface area contributed by atoms with Gasteiger partial charge in [-0.25, -0.2) is 9.18 Å². The highest BCUT2D eigenvalue weighted by molar-refractivity contribution is 6.36. The van der Waals surface area contributed by atoms with E-state index in [9.17, 15) is 19.1 Å². The normalized spacial score (nSPS) is 11.8. The molecular weight excluding hydrogens is 528 g/mol. The largest absolute Gasteiger partial charge is 0.480 e. The average Bonchev–Trinajstić information content (AvgIpc) is 3.32. The van der Waals surface area contributed by atoms with Crippen molar-refractivity contribution in [2.45, 2.75) is 19.0 Å². The lowest BCUT2D eigenvalue weighted by Crippen LogP contribution is -2.46. The van der Waals surface area contributed by atoms with Gasteiger partial charge >= 0.3 is 5.97 Å². The number of carboxylic acids is 1. The number of nitrogens with zero attached hydrogens (tertiary/aromatic N) is 1. The quantitative estimate of drug-likeness (QED) is 0.250. The van der Waals surface area contributed by atoms with Crippen molar-refractivity contribution in [1.29, 1.82) is 0 Å². The molecule has 0 aliphatic rings. The standard InChI is InChI=1S/C27H19Cl3FNO4/c28-18-7-9-20(21(29)14-18)26(33)32(24(27(34)35)12-16-4-2-1-3-5-16)15-19-8-11-25(36-19)17-6-10-23(31)22(30)13-17/h1-11,13-14,24H,12,15H2,(H,34,35)/t24-/m0/s1. The van der Waals surface area contributed by atoms with Crippen LogP contribution in [0.3, 0.4) is 0 Å². The van der Waals surface area contributed by atoms with Crippen LogP contribution in [0.15, 0.2) is 83.3 Å². The molecule has 5 nitrogen and oxygen atoms in total. The van der Waals surface area contributed by atoms with Gasteiger partial charge in [0.05, 0.1) is 22.2 Å². The Labute approximate surface area is 221 Å². The van der Waals surface area contributed by atoms with E-state index in [2.05, 4.69) is 0 Å². The van der Waals surface area contributed by atoms with Gasteiger partial charge in [0.2, 0.25) is 0 Å². The molecule has 36 heavy (non-hydrogen) atoms. The zero-order chi connectivity index (χ0) is 25.8. The number of benzene rings is 3. The first-order chi connectivity index (χ1) is 17.2. The smallest absolute Gasteiger partial charge is 0.326 e. The van der Waals surface area contributed by atoms with Gasteiger partial charge in [-0.1, -0.05) is 65.1 Å². The summed E-state index contributed by atoms with van der Waals surface area (Å²) in [5, 5.41) is 10.5. The predicted molar refractivity (Wildman–Crippen MR) is 137 cm³/mol. The van der Waals surface area contributed by atoms with Crippen molar-refractivity contribution in [2.75, 3.05) is 0 Å². The van der Waals surface area contributed by atoms with Crippen molar-refractivity contribution >= 4 is 46.7 Å². The number of halogens is 4. The van der Waals surface area contributed by atoms with E-state index in [0.717, 1.165) is 5.56 Å². The topological polar surface area (TPSA) is 70.8 Å². The maximum Gasteiger partial charge on any atom is 0.326 e. The highest BCUT2D eigenvalue weighted by Crippen LogP contribution is 2.29. The molecule has 1 aromatic heterocycles. The maximum absolute atomic E-state index is 13.6. The monoisotopic (exact) mass is 545 g/mol. The van der Waals surface area contributed by atoms with Crippen LogP contribution in [-0.4, -0.2) is 27.9 Å². The fourth-order valence-electron chi connectivity index (χ4n) is 3.74. The molecule has 3 aromatic carbocycles. The molecule has 1 heterocycles. The summed E-state index contributed by atoms with van der Waals surface area (Å²) in [7, 11) is 0. The SMILES string of the molecule is O=C(O)[C@H](Cc1ccccc1)N(Cc1ccc(-c2ccc(F)c(Cl)c2)o1)C(=O)c1ccc(Cl)cc1Cl. The fourth-order valence-corrected chi connectivity index (χ4v) is 4.41. The molecule has 1 atom stereocenters. The predicted octanol–water partition coefficient (Wildman–Crippen LogP) is 7.38. The number of hydrogen-bond donors (Lipinski definition) is 1. The molecule has 0 saturated carbocycles. The lowest BCUT2D eigenvalue weighted by molar-refractivity contribution is -0.142. The summed E-state index contributed by atoms with van der Waals surface area (Å²) < 4.78 is 19.4. The van der Waals surface area contributed by atoms with Crippen LogP contribution in [0.5, 0.6) is 0 Å². The Morgan fingerprint density at radius 3 is 2.33 bits per heavy atom. The molecule has 0 unspecified atom stereocenters. The summed E-state index contributed by atoms with van der Waals surface area (Å²) in [6.45, 7) is -0.156. The fraction of sp³-hybridized carbons (Fsp3) is 0.111. The third-order valence-corrected chi connectivity index (χ3v) is 6.38. The van der Waals surface area contributed by atoms with Crippen LogP contribution in [-0.2, 0) is 17.8 Å². The zero-order valence-corrected chi connectivity index (χ0v) is 20.9. The molecule has 0 radical (unpaired) electrons. The van der Waals surface area contributed by atoms with E-state index in [1.807, 2.05) is 6.07 Å². The highest BCUT2D eigenvalue weighted by atomic mass is 35.5. The van der Waals surface area contributed by atoms with Crippen LogP contribution in [0.1, 0.15) is 21.7 Å². The molecule has 0 saturated heterocycles. The number of carbonyl (C=O) groups is 2. The van der Waals surface area contributed by atoms with Gasteiger partial charge in [0.25, 0.3) is 5.91 Å². The maximum atomic E-state index is 13.6. The number of rotatable bonds is 8. The minimum absolute atomic E-state index is 0.0616. The first-order valence-electron chi connectivity index (χ1n) is 10.8. The molecular formula is C27H19Cl3FNO4. The molecule has 0 aliphatic heterocycles. The molecule has 0 spiro atoms. The summed E-state index contributed by atoms with van der Waals surface area (Å²) in [5.74, 6) is -1.63. The number of carboxylic acid groups (broad SMARTS) is 1. The molecule has 9 heteroatoms. The van der Waals surface area contributed by atoms with E-state index in [-0.39, 0.29) is 28.6 Å². The molecule has 0 bridgehead atoms. The number of carbonyl (C=O) groups excluding carboxylic acids is 1.